The van der Waals surface area contributed by atoms with Gasteiger partial charge in [-0.05, 0) is 18.2 Å². The van der Waals surface area contributed by atoms with Gasteiger partial charge in [0.15, 0.2) is 5.69 Å². The lowest BCUT2D eigenvalue weighted by Gasteiger charge is -2.18. The molecule has 0 amide bonds. The molecular weight excluding hydrogens is 349 g/mol. The number of hydrogen-bond acceptors (Lipinski definition) is 4. The van der Waals surface area contributed by atoms with Gasteiger partial charge in [0.1, 0.15) is 0 Å². The zero-order valence-electron chi connectivity index (χ0n) is 11.7. The molecular formula is C14H12Cl3N3O2. The van der Waals surface area contributed by atoms with Gasteiger partial charge < -0.3 is 15.7 Å². The number of carboxylic acid groups (broad SMARTS) is 1. The number of carbonyl (C=O) groups is 1. The fraction of sp³-hybridized carbons (Fsp3) is 0.143. The van der Waals surface area contributed by atoms with Gasteiger partial charge >= 0.3 is 5.97 Å². The summed E-state index contributed by atoms with van der Waals surface area (Å²) in [7, 11) is 3.59. The summed E-state index contributed by atoms with van der Waals surface area (Å²) < 4.78 is 0. The molecule has 1 aromatic carbocycles. The molecule has 0 radical (unpaired) electrons. The summed E-state index contributed by atoms with van der Waals surface area (Å²) in [5.41, 5.74) is 6.98. The second-order valence-corrected chi connectivity index (χ2v) is 5.88. The number of nitrogen functional groups attached to an aromatic ring is 1. The molecule has 2 aromatic rings. The van der Waals surface area contributed by atoms with Gasteiger partial charge in [-0.2, -0.15) is 0 Å². The van der Waals surface area contributed by atoms with Crippen LogP contribution >= 0.6 is 34.8 Å². The van der Waals surface area contributed by atoms with E-state index in [4.69, 9.17) is 45.6 Å². The molecule has 5 nitrogen and oxygen atoms in total. The molecule has 0 aliphatic heterocycles. The highest BCUT2D eigenvalue weighted by Gasteiger charge is 2.19. The highest BCUT2D eigenvalue weighted by Crippen LogP contribution is 2.40. The number of nitrogens with zero attached hydrogens (tertiary/aromatic N) is 2. The Labute approximate surface area is 142 Å². The molecule has 0 saturated carbocycles. The predicted molar refractivity (Wildman–Crippen MR) is 90.4 cm³/mol. The van der Waals surface area contributed by atoms with Crippen LogP contribution < -0.4 is 10.6 Å². The first kappa shape index (κ1) is 16.7. The molecule has 0 unspecified atom stereocenters. The predicted octanol–water partition coefficient (Wildman–Crippen LogP) is 4.06. The molecule has 0 fully saturated rings. The van der Waals surface area contributed by atoms with E-state index in [1.165, 1.54) is 6.07 Å². The Morgan fingerprint density at radius 1 is 1.23 bits per heavy atom. The summed E-state index contributed by atoms with van der Waals surface area (Å²) in [5.74, 6) is -1.27. The third-order valence-corrected chi connectivity index (χ3v) is 4.06. The molecule has 0 aliphatic carbocycles. The molecule has 116 valence electrons. The number of carboxylic acids is 1. The molecule has 0 spiro atoms. The van der Waals surface area contributed by atoms with Crippen LogP contribution in [0.5, 0.6) is 0 Å². The van der Waals surface area contributed by atoms with Crippen LogP contribution in [-0.2, 0) is 0 Å². The zero-order valence-corrected chi connectivity index (χ0v) is 14.0. The van der Waals surface area contributed by atoms with E-state index < -0.39 is 5.97 Å². The van der Waals surface area contributed by atoms with Crippen molar-refractivity contribution in [2.45, 2.75) is 0 Å². The van der Waals surface area contributed by atoms with Crippen LogP contribution in [0.3, 0.4) is 0 Å². The summed E-state index contributed by atoms with van der Waals surface area (Å²) in [6.45, 7) is 0. The minimum absolute atomic E-state index is 0.103. The van der Waals surface area contributed by atoms with Gasteiger partial charge in [0.05, 0.1) is 32.1 Å². The van der Waals surface area contributed by atoms with E-state index in [1.54, 1.807) is 31.1 Å². The quantitative estimate of drug-likeness (QED) is 0.863. The average molecular weight is 361 g/mol. The Bertz CT molecular complexity index is 763. The summed E-state index contributed by atoms with van der Waals surface area (Å²) in [5, 5.41) is 9.87. The first-order valence-electron chi connectivity index (χ1n) is 6.09. The lowest BCUT2D eigenvalue weighted by molar-refractivity contribution is 0.0691. The van der Waals surface area contributed by atoms with Gasteiger partial charge in [-0.3, -0.25) is 0 Å². The smallest absolute Gasteiger partial charge is 0.356 e. The van der Waals surface area contributed by atoms with Gasteiger partial charge in [-0.15, -0.1) is 0 Å². The van der Waals surface area contributed by atoms with Crippen molar-refractivity contribution in [1.29, 1.82) is 0 Å². The van der Waals surface area contributed by atoms with Crippen molar-refractivity contribution in [3.05, 3.63) is 39.0 Å². The number of hydrogen-bond donors (Lipinski definition) is 2. The van der Waals surface area contributed by atoms with Crippen LogP contribution in [0.1, 0.15) is 10.5 Å². The molecule has 2 rings (SSSR count). The molecule has 0 bridgehead atoms. The number of anilines is 2. The number of nitrogens with two attached hydrogens (primary N) is 1. The Kier molecular flexibility index (Phi) is 4.70. The molecule has 0 atom stereocenters. The second-order valence-electron chi connectivity index (χ2n) is 4.72. The summed E-state index contributed by atoms with van der Waals surface area (Å²) in [6.07, 6.45) is 0. The van der Waals surface area contributed by atoms with Gasteiger partial charge in [-0.1, -0.05) is 34.8 Å². The van der Waals surface area contributed by atoms with E-state index in [0.717, 1.165) is 0 Å². The van der Waals surface area contributed by atoms with Crippen molar-refractivity contribution in [3.8, 4) is 11.3 Å². The van der Waals surface area contributed by atoms with E-state index in [9.17, 15) is 4.79 Å². The maximum Gasteiger partial charge on any atom is 0.356 e. The van der Waals surface area contributed by atoms with Crippen LogP contribution in [0.2, 0.25) is 15.1 Å². The maximum absolute atomic E-state index is 11.2. The molecule has 8 heteroatoms. The largest absolute Gasteiger partial charge is 0.476 e. The Morgan fingerprint density at radius 2 is 1.86 bits per heavy atom. The lowest BCUT2D eigenvalue weighted by atomic mass is 10.1. The number of aromatic carboxylic acids is 1. The average Bonchev–Trinajstić information content (AvgIpc) is 2.41. The van der Waals surface area contributed by atoms with Gasteiger partial charge in [0, 0.05) is 19.7 Å². The van der Waals surface area contributed by atoms with E-state index in [0.29, 0.717) is 27.0 Å². The molecule has 22 heavy (non-hydrogen) atoms. The van der Waals surface area contributed by atoms with Crippen LogP contribution in [0.25, 0.3) is 11.3 Å². The fourth-order valence-corrected chi connectivity index (χ4v) is 2.96. The van der Waals surface area contributed by atoms with Crippen LogP contribution in [0, 0.1) is 0 Å². The van der Waals surface area contributed by atoms with Gasteiger partial charge in [-0.25, -0.2) is 9.78 Å². The molecule has 0 saturated heterocycles. The van der Waals surface area contributed by atoms with E-state index >= 15 is 0 Å². The Balaban J connectivity index is 2.73. The Morgan fingerprint density at radius 3 is 2.41 bits per heavy atom. The topological polar surface area (TPSA) is 79.5 Å². The molecule has 1 aromatic heterocycles. The highest BCUT2D eigenvalue weighted by atomic mass is 35.5. The number of pyridine rings is 1. The van der Waals surface area contributed by atoms with Crippen LogP contribution in [0.4, 0.5) is 11.4 Å². The minimum Gasteiger partial charge on any atom is -0.476 e. The SMILES string of the molecule is CN(C)c1c(Cl)ccc(-c2cc(N)c(Cl)c(C(=O)O)n2)c1Cl. The summed E-state index contributed by atoms with van der Waals surface area (Å²) in [4.78, 5) is 17.0. The van der Waals surface area contributed by atoms with Crippen molar-refractivity contribution >= 4 is 52.1 Å². The van der Waals surface area contributed by atoms with E-state index in [-0.39, 0.29) is 16.4 Å². The summed E-state index contributed by atoms with van der Waals surface area (Å²) in [6, 6.07) is 4.79. The third kappa shape index (κ3) is 2.92. The fourth-order valence-electron chi connectivity index (χ4n) is 1.98. The number of halogens is 3. The van der Waals surface area contributed by atoms with Crippen LogP contribution in [0.15, 0.2) is 18.2 Å². The maximum atomic E-state index is 11.2. The number of rotatable bonds is 3. The van der Waals surface area contributed by atoms with Crippen molar-refractivity contribution in [2.75, 3.05) is 24.7 Å². The number of benzene rings is 1. The van der Waals surface area contributed by atoms with Crippen molar-refractivity contribution in [3.63, 3.8) is 0 Å². The highest BCUT2D eigenvalue weighted by molar-refractivity contribution is 6.41. The standard InChI is InChI=1S/C14H12Cl3N3O2/c1-20(2)13-7(15)4-3-6(10(13)16)9-5-8(18)11(17)12(19-9)14(21)22/h3-5H,1-2H3,(H2,18,19)(H,21,22). The zero-order chi connectivity index (χ0) is 16.6. The molecule has 3 N–H and O–H groups in total. The van der Waals surface area contributed by atoms with Gasteiger partial charge in [0.2, 0.25) is 0 Å². The van der Waals surface area contributed by atoms with Gasteiger partial charge in [0.25, 0.3) is 0 Å². The van der Waals surface area contributed by atoms with Crippen molar-refractivity contribution < 1.29 is 9.90 Å². The van der Waals surface area contributed by atoms with Crippen molar-refractivity contribution in [2.24, 2.45) is 0 Å². The van der Waals surface area contributed by atoms with Crippen molar-refractivity contribution in [1.82, 2.24) is 4.98 Å². The van der Waals surface area contributed by atoms with E-state index in [2.05, 4.69) is 4.98 Å². The second kappa shape index (κ2) is 6.20. The van der Waals surface area contributed by atoms with E-state index in [1.807, 2.05) is 0 Å². The van der Waals surface area contributed by atoms with Crippen LogP contribution in [-0.4, -0.2) is 30.2 Å². The summed E-state index contributed by atoms with van der Waals surface area (Å²) >= 11 is 18.4. The molecule has 0 aliphatic rings. The minimum atomic E-state index is -1.27. The lowest BCUT2D eigenvalue weighted by Crippen LogP contribution is -2.10. The molecule has 1 heterocycles. The number of aromatic nitrogens is 1. The third-order valence-electron chi connectivity index (χ3n) is 2.98. The monoisotopic (exact) mass is 359 g/mol. The first-order chi connectivity index (χ1) is 10.2. The normalized spacial score (nSPS) is 10.6. The first-order valence-corrected chi connectivity index (χ1v) is 7.22. The Hall–Kier alpha value is -1.69.